The van der Waals surface area contributed by atoms with Crippen molar-refractivity contribution in [3.8, 4) is 5.75 Å². The molecule has 3 heteroatoms. The van der Waals surface area contributed by atoms with Crippen LogP contribution >= 0.6 is 0 Å². The minimum absolute atomic E-state index is 0.0766. The number of rotatable bonds is 4. The third-order valence-corrected chi connectivity index (χ3v) is 4.89. The standard InChI is InChI=1S/C19H26O3/c1-3-16-13-18(14-7-5-4-6-8-14)22-19(21-16)15-9-11-17(20-2)12-10-15/h3,9-12,14,16,18-19H,1,4-8,13H2,2H3/t16-,18-,19-/m0/s1. The smallest absolute Gasteiger partial charge is 0.184 e. The summed E-state index contributed by atoms with van der Waals surface area (Å²) in [6.45, 7) is 3.92. The summed E-state index contributed by atoms with van der Waals surface area (Å²) in [4.78, 5) is 0. The largest absolute Gasteiger partial charge is 0.497 e. The zero-order chi connectivity index (χ0) is 15.4. The summed E-state index contributed by atoms with van der Waals surface area (Å²) in [7, 11) is 1.68. The van der Waals surface area contributed by atoms with Crippen LogP contribution in [0.5, 0.6) is 5.75 Å². The third kappa shape index (κ3) is 3.53. The maximum Gasteiger partial charge on any atom is 0.184 e. The molecule has 0 N–H and O–H groups in total. The topological polar surface area (TPSA) is 27.7 Å². The van der Waals surface area contributed by atoms with E-state index >= 15 is 0 Å². The van der Waals surface area contributed by atoms with Gasteiger partial charge in [-0.15, -0.1) is 6.58 Å². The van der Waals surface area contributed by atoms with Crippen molar-refractivity contribution in [2.45, 2.75) is 57.0 Å². The van der Waals surface area contributed by atoms with E-state index in [0.29, 0.717) is 5.92 Å². The Morgan fingerprint density at radius 2 is 1.82 bits per heavy atom. The molecule has 2 fully saturated rings. The second kappa shape index (κ2) is 7.30. The normalized spacial score (nSPS) is 30.0. The maximum atomic E-state index is 6.31. The first-order valence-corrected chi connectivity index (χ1v) is 8.37. The Morgan fingerprint density at radius 1 is 1.09 bits per heavy atom. The lowest BCUT2D eigenvalue weighted by Crippen LogP contribution is -2.38. The fraction of sp³-hybridized carbons (Fsp3) is 0.579. The average molecular weight is 302 g/mol. The van der Waals surface area contributed by atoms with Crippen LogP contribution in [0.4, 0.5) is 0 Å². The lowest BCUT2D eigenvalue weighted by Gasteiger charge is -2.39. The molecular formula is C19H26O3. The van der Waals surface area contributed by atoms with E-state index in [2.05, 4.69) is 6.58 Å². The van der Waals surface area contributed by atoms with Gasteiger partial charge in [-0.25, -0.2) is 0 Å². The Bertz CT molecular complexity index is 476. The van der Waals surface area contributed by atoms with Gasteiger partial charge in [0.1, 0.15) is 5.75 Å². The second-order valence-corrected chi connectivity index (χ2v) is 6.32. The van der Waals surface area contributed by atoms with Gasteiger partial charge in [0.15, 0.2) is 6.29 Å². The van der Waals surface area contributed by atoms with Gasteiger partial charge in [-0.05, 0) is 30.9 Å². The number of hydrogen-bond donors (Lipinski definition) is 0. The Kier molecular flexibility index (Phi) is 5.16. The quantitative estimate of drug-likeness (QED) is 0.759. The molecule has 22 heavy (non-hydrogen) atoms. The second-order valence-electron chi connectivity index (χ2n) is 6.32. The molecule has 3 atom stereocenters. The molecule has 1 aliphatic carbocycles. The molecule has 0 amide bonds. The number of benzene rings is 1. The van der Waals surface area contributed by atoms with E-state index < -0.39 is 0 Å². The van der Waals surface area contributed by atoms with Crippen molar-refractivity contribution in [3.63, 3.8) is 0 Å². The average Bonchev–Trinajstić information content (AvgIpc) is 2.62. The van der Waals surface area contributed by atoms with Gasteiger partial charge in [0.25, 0.3) is 0 Å². The molecule has 0 aromatic heterocycles. The first-order chi connectivity index (χ1) is 10.8. The molecule has 1 saturated carbocycles. The Hall–Kier alpha value is -1.32. The van der Waals surface area contributed by atoms with Gasteiger partial charge in [0.2, 0.25) is 0 Å². The predicted molar refractivity (Wildman–Crippen MR) is 86.9 cm³/mol. The van der Waals surface area contributed by atoms with Gasteiger partial charge in [0.05, 0.1) is 19.3 Å². The van der Waals surface area contributed by atoms with E-state index in [9.17, 15) is 0 Å². The zero-order valence-electron chi connectivity index (χ0n) is 13.4. The maximum absolute atomic E-state index is 6.31. The van der Waals surface area contributed by atoms with E-state index in [4.69, 9.17) is 14.2 Å². The van der Waals surface area contributed by atoms with Gasteiger partial charge in [-0.3, -0.25) is 0 Å². The summed E-state index contributed by atoms with van der Waals surface area (Å²) in [6, 6.07) is 7.95. The van der Waals surface area contributed by atoms with Crippen molar-refractivity contribution in [2.75, 3.05) is 7.11 Å². The molecule has 1 aromatic carbocycles. The summed E-state index contributed by atoms with van der Waals surface area (Å²) in [5.74, 6) is 1.52. The van der Waals surface area contributed by atoms with Crippen molar-refractivity contribution in [3.05, 3.63) is 42.5 Å². The summed E-state index contributed by atoms with van der Waals surface area (Å²) < 4.78 is 17.6. The zero-order valence-corrected chi connectivity index (χ0v) is 13.4. The van der Waals surface area contributed by atoms with Crippen LogP contribution < -0.4 is 4.74 Å². The van der Waals surface area contributed by atoms with E-state index in [1.165, 1.54) is 32.1 Å². The Morgan fingerprint density at radius 3 is 2.45 bits per heavy atom. The van der Waals surface area contributed by atoms with Crippen molar-refractivity contribution in [1.29, 1.82) is 0 Å². The number of hydrogen-bond acceptors (Lipinski definition) is 3. The summed E-state index contributed by atoms with van der Waals surface area (Å²) >= 11 is 0. The highest BCUT2D eigenvalue weighted by molar-refractivity contribution is 5.28. The van der Waals surface area contributed by atoms with Crippen LogP contribution in [0.2, 0.25) is 0 Å². The van der Waals surface area contributed by atoms with Crippen molar-refractivity contribution >= 4 is 0 Å². The lowest BCUT2D eigenvalue weighted by atomic mass is 9.83. The molecule has 3 nitrogen and oxygen atoms in total. The highest BCUT2D eigenvalue weighted by Gasteiger charge is 2.34. The fourth-order valence-electron chi connectivity index (χ4n) is 3.57. The van der Waals surface area contributed by atoms with Crippen LogP contribution in [-0.4, -0.2) is 19.3 Å². The van der Waals surface area contributed by atoms with Crippen molar-refractivity contribution in [1.82, 2.24) is 0 Å². The number of ether oxygens (including phenoxy) is 3. The molecule has 3 rings (SSSR count). The minimum Gasteiger partial charge on any atom is -0.497 e. The van der Waals surface area contributed by atoms with E-state index in [1.807, 2.05) is 30.3 Å². The first-order valence-electron chi connectivity index (χ1n) is 8.37. The van der Waals surface area contributed by atoms with Crippen LogP contribution in [-0.2, 0) is 9.47 Å². The summed E-state index contributed by atoms with van der Waals surface area (Å²) in [5.41, 5.74) is 1.05. The number of methoxy groups -OCH3 is 1. The van der Waals surface area contributed by atoms with E-state index in [1.54, 1.807) is 7.11 Å². The van der Waals surface area contributed by atoms with Crippen LogP contribution in [0.25, 0.3) is 0 Å². The molecule has 1 saturated heterocycles. The molecule has 2 aliphatic rings. The van der Waals surface area contributed by atoms with Gasteiger partial charge in [0, 0.05) is 12.0 Å². The highest BCUT2D eigenvalue weighted by Crippen LogP contribution is 2.38. The lowest BCUT2D eigenvalue weighted by molar-refractivity contribution is -0.249. The van der Waals surface area contributed by atoms with Gasteiger partial charge < -0.3 is 14.2 Å². The van der Waals surface area contributed by atoms with Crippen molar-refractivity contribution < 1.29 is 14.2 Å². The SMILES string of the molecule is C=C[C@H]1C[C@@H](C2CCCCC2)O[C@@H](c2ccc(OC)cc2)O1. The molecule has 0 spiro atoms. The van der Waals surface area contributed by atoms with E-state index in [0.717, 1.165) is 17.7 Å². The van der Waals surface area contributed by atoms with Crippen LogP contribution in [0.3, 0.4) is 0 Å². The summed E-state index contributed by atoms with van der Waals surface area (Å²) in [5, 5.41) is 0. The monoisotopic (exact) mass is 302 g/mol. The minimum atomic E-state index is -0.297. The molecule has 1 aliphatic heterocycles. The predicted octanol–water partition coefficient (Wildman–Crippen LogP) is 4.63. The van der Waals surface area contributed by atoms with E-state index in [-0.39, 0.29) is 18.5 Å². The van der Waals surface area contributed by atoms with Crippen LogP contribution in [0.15, 0.2) is 36.9 Å². The van der Waals surface area contributed by atoms with Crippen molar-refractivity contribution in [2.24, 2.45) is 5.92 Å². The first kappa shape index (κ1) is 15.6. The van der Waals surface area contributed by atoms with Gasteiger partial charge in [-0.1, -0.05) is 37.5 Å². The highest BCUT2D eigenvalue weighted by atomic mass is 16.7. The molecule has 120 valence electrons. The molecule has 0 radical (unpaired) electrons. The molecule has 1 heterocycles. The molecule has 1 aromatic rings. The molecular weight excluding hydrogens is 276 g/mol. The Labute approximate surface area is 133 Å². The summed E-state index contributed by atoms with van der Waals surface area (Å²) in [6.07, 6.45) is 9.50. The Balaban J connectivity index is 1.73. The van der Waals surface area contributed by atoms with Gasteiger partial charge in [-0.2, -0.15) is 0 Å². The van der Waals surface area contributed by atoms with Crippen LogP contribution in [0.1, 0.15) is 50.4 Å². The third-order valence-electron chi connectivity index (χ3n) is 4.89. The van der Waals surface area contributed by atoms with Gasteiger partial charge >= 0.3 is 0 Å². The molecule has 0 bridgehead atoms. The fourth-order valence-corrected chi connectivity index (χ4v) is 3.57. The van der Waals surface area contributed by atoms with Crippen LogP contribution in [0, 0.1) is 5.92 Å². The molecule has 0 unspecified atom stereocenters.